The molecule has 0 aliphatic heterocycles. The monoisotopic (exact) mass is 290 g/mol. The molecule has 3 N–H and O–H groups in total. The van der Waals surface area contributed by atoms with Crippen LogP contribution in [0.25, 0.3) is 0 Å². The fourth-order valence-corrected chi connectivity index (χ4v) is 1.69. The first-order valence-corrected chi connectivity index (χ1v) is 5.58. The summed E-state index contributed by atoms with van der Waals surface area (Å²) in [4.78, 5) is 11.7. The Labute approximate surface area is 102 Å². The molecule has 5 nitrogen and oxygen atoms in total. The minimum atomic E-state index is -1.29. The molecule has 1 unspecified atom stereocenters. The number of nitrogens with one attached hydrogen (secondary N) is 1. The predicted octanol–water partition coefficient (Wildman–Crippen LogP) is 0.261. The van der Waals surface area contributed by atoms with Crippen LogP contribution in [0.1, 0.15) is 17.4 Å². The Hall–Kier alpha value is -0.850. The predicted molar refractivity (Wildman–Crippen MR) is 63.2 cm³/mol. The van der Waals surface area contributed by atoms with Crippen LogP contribution >= 0.6 is 15.9 Å². The average Bonchev–Trinajstić information content (AvgIpc) is 2.54. The molecular weight excluding hydrogens is 276 g/mol. The van der Waals surface area contributed by atoms with Crippen molar-refractivity contribution in [3.05, 3.63) is 22.4 Å². The lowest BCUT2D eigenvalue weighted by Gasteiger charge is -2.20. The Balaban J connectivity index is 2.63. The third kappa shape index (κ3) is 3.33. The van der Waals surface area contributed by atoms with Gasteiger partial charge in [-0.1, -0.05) is 0 Å². The third-order valence-corrected chi connectivity index (χ3v) is 2.61. The molecule has 1 rings (SSSR count). The van der Waals surface area contributed by atoms with Gasteiger partial charge < -0.3 is 20.1 Å². The summed E-state index contributed by atoms with van der Waals surface area (Å²) in [5.74, 6) is -0.290. The molecule has 6 heteroatoms. The second-order valence-electron chi connectivity index (χ2n) is 3.99. The molecule has 0 saturated carbocycles. The van der Waals surface area contributed by atoms with Gasteiger partial charge in [0.15, 0.2) is 0 Å². The maximum absolute atomic E-state index is 11.7. The molecule has 1 heterocycles. The van der Waals surface area contributed by atoms with Crippen molar-refractivity contribution in [2.75, 3.05) is 13.2 Å². The van der Waals surface area contributed by atoms with Crippen LogP contribution in [-0.4, -0.2) is 39.4 Å². The van der Waals surface area contributed by atoms with Crippen LogP contribution < -0.4 is 5.32 Å². The molecule has 90 valence electrons. The number of aromatic nitrogens is 1. The van der Waals surface area contributed by atoms with Gasteiger partial charge in [0.05, 0.1) is 6.61 Å². The van der Waals surface area contributed by atoms with Crippen molar-refractivity contribution in [2.24, 2.45) is 7.05 Å². The highest BCUT2D eigenvalue weighted by Crippen LogP contribution is 2.13. The number of aliphatic hydroxyl groups is 2. The van der Waals surface area contributed by atoms with Gasteiger partial charge in [0.25, 0.3) is 5.91 Å². The number of carbonyl (C=O) groups is 1. The Kier molecular flexibility index (Phi) is 4.12. The van der Waals surface area contributed by atoms with Gasteiger partial charge in [-0.05, 0) is 28.9 Å². The molecular formula is C10H15BrN2O3. The zero-order valence-corrected chi connectivity index (χ0v) is 10.8. The van der Waals surface area contributed by atoms with Gasteiger partial charge >= 0.3 is 0 Å². The van der Waals surface area contributed by atoms with E-state index in [1.807, 2.05) is 0 Å². The number of hydrogen-bond acceptors (Lipinski definition) is 3. The molecule has 16 heavy (non-hydrogen) atoms. The lowest BCUT2D eigenvalue weighted by atomic mass is 10.1. The van der Waals surface area contributed by atoms with Crippen molar-refractivity contribution >= 4 is 21.8 Å². The Morgan fingerprint density at radius 3 is 2.75 bits per heavy atom. The van der Waals surface area contributed by atoms with Crippen LogP contribution in [-0.2, 0) is 7.05 Å². The van der Waals surface area contributed by atoms with Gasteiger partial charge in [0.2, 0.25) is 0 Å². The minimum Gasteiger partial charge on any atom is -0.393 e. The summed E-state index contributed by atoms with van der Waals surface area (Å²) in [7, 11) is 1.75. The van der Waals surface area contributed by atoms with E-state index >= 15 is 0 Å². The molecule has 0 radical (unpaired) electrons. The van der Waals surface area contributed by atoms with Crippen LogP contribution in [0.4, 0.5) is 0 Å². The molecule has 0 fully saturated rings. The highest BCUT2D eigenvalue weighted by atomic mass is 79.9. The molecule has 1 aromatic heterocycles. The Morgan fingerprint density at radius 1 is 1.69 bits per heavy atom. The molecule has 0 spiro atoms. The zero-order valence-electron chi connectivity index (χ0n) is 9.20. The third-order valence-electron chi connectivity index (χ3n) is 2.17. The summed E-state index contributed by atoms with van der Waals surface area (Å²) in [5.41, 5.74) is -0.807. The van der Waals surface area contributed by atoms with E-state index in [9.17, 15) is 9.90 Å². The number of aryl methyl sites for hydroxylation is 1. The SMILES string of the molecule is Cn1cc(Br)cc1C(=O)NCC(C)(O)CO. The first-order chi connectivity index (χ1) is 7.35. The van der Waals surface area contributed by atoms with E-state index < -0.39 is 12.2 Å². The molecule has 0 bridgehead atoms. The van der Waals surface area contributed by atoms with Crippen LogP contribution in [0.3, 0.4) is 0 Å². The summed E-state index contributed by atoms with van der Waals surface area (Å²) in [5, 5.41) is 20.9. The van der Waals surface area contributed by atoms with E-state index in [1.54, 1.807) is 23.9 Å². The lowest BCUT2D eigenvalue weighted by Crippen LogP contribution is -2.43. The number of aliphatic hydroxyl groups excluding tert-OH is 1. The number of rotatable bonds is 4. The number of halogens is 1. The fourth-order valence-electron chi connectivity index (χ4n) is 1.17. The first-order valence-electron chi connectivity index (χ1n) is 4.79. The molecule has 0 saturated heterocycles. The normalized spacial score (nSPS) is 14.6. The highest BCUT2D eigenvalue weighted by Gasteiger charge is 2.21. The number of nitrogens with zero attached hydrogens (tertiary/aromatic N) is 1. The van der Waals surface area contributed by atoms with Gasteiger partial charge in [-0.3, -0.25) is 4.79 Å². The number of hydrogen-bond donors (Lipinski definition) is 3. The van der Waals surface area contributed by atoms with E-state index in [2.05, 4.69) is 21.2 Å². The average molecular weight is 291 g/mol. The van der Waals surface area contributed by atoms with Crippen molar-refractivity contribution in [3.8, 4) is 0 Å². The van der Waals surface area contributed by atoms with E-state index in [1.165, 1.54) is 6.92 Å². The van der Waals surface area contributed by atoms with Gasteiger partial charge in [-0.25, -0.2) is 0 Å². The van der Waals surface area contributed by atoms with Crippen LogP contribution in [0.2, 0.25) is 0 Å². The topological polar surface area (TPSA) is 74.5 Å². The van der Waals surface area contributed by atoms with E-state index in [4.69, 9.17) is 5.11 Å². The van der Waals surface area contributed by atoms with Gasteiger partial charge in [-0.2, -0.15) is 0 Å². The molecule has 0 aliphatic carbocycles. The number of amides is 1. The summed E-state index contributed by atoms with van der Waals surface area (Å²) in [6.45, 7) is 1.06. The fraction of sp³-hybridized carbons (Fsp3) is 0.500. The van der Waals surface area contributed by atoms with Crippen molar-refractivity contribution in [3.63, 3.8) is 0 Å². The molecule has 0 aliphatic rings. The summed E-state index contributed by atoms with van der Waals surface area (Å²) < 4.78 is 2.49. The van der Waals surface area contributed by atoms with Gasteiger partial charge in [0, 0.05) is 24.3 Å². The Morgan fingerprint density at radius 2 is 2.31 bits per heavy atom. The standard InChI is InChI=1S/C10H15BrN2O3/c1-10(16,6-14)5-12-9(15)8-3-7(11)4-13(8)2/h3-4,14,16H,5-6H2,1-2H3,(H,12,15). The summed E-state index contributed by atoms with van der Waals surface area (Å²) in [6.07, 6.45) is 1.76. The van der Waals surface area contributed by atoms with E-state index in [0.717, 1.165) is 4.47 Å². The van der Waals surface area contributed by atoms with Crippen LogP contribution in [0, 0.1) is 0 Å². The molecule has 0 aromatic carbocycles. The quantitative estimate of drug-likeness (QED) is 0.745. The van der Waals surface area contributed by atoms with Crippen molar-refractivity contribution in [2.45, 2.75) is 12.5 Å². The smallest absolute Gasteiger partial charge is 0.268 e. The maximum atomic E-state index is 11.7. The minimum absolute atomic E-state index is 0.00509. The summed E-state index contributed by atoms with van der Waals surface area (Å²) in [6, 6.07) is 1.68. The second kappa shape index (κ2) is 4.99. The van der Waals surface area contributed by atoms with E-state index in [0.29, 0.717) is 5.69 Å². The zero-order chi connectivity index (χ0) is 12.3. The first kappa shape index (κ1) is 13.2. The van der Waals surface area contributed by atoms with Crippen molar-refractivity contribution < 1.29 is 15.0 Å². The van der Waals surface area contributed by atoms with Crippen molar-refractivity contribution in [1.29, 1.82) is 0 Å². The van der Waals surface area contributed by atoms with Gasteiger partial charge in [-0.15, -0.1) is 0 Å². The van der Waals surface area contributed by atoms with Crippen LogP contribution in [0.5, 0.6) is 0 Å². The van der Waals surface area contributed by atoms with Crippen molar-refractivity contribution in [1.82, 2.24) is 9.88 Å². The molecule has 1 aromatic rings. The maximum Gasteiger partial charge on any atom is 0.268 e. The molecule has 1 amide bonds. The number of carbonyl (C=O) groups excluding carboxylic acids is 1. The Bertz CT molecular complexity index is 387. The second-order valence-corrected chi connectivity index (χ2v) is 4.91. The highest BCUT2D eigenvalue weighted by molar-refractivity contribution is 9.10. The molecule has 1 atom stereocenters. The van der Waals surface area contributed by atoms with E-state index in [-0.39, 0.29) is 12.5 Å². The van der Waals surface area contributed by atoms with Crippen LogP contribution in [0.15, 0.2) is 16.7 Å². The summed E-state index contributed by atoms with van der Waals surface area (Å²) >= 11 is 3.27. The largest absolute Gasteiger partial charge is 0.393 e. The van der Waals surface area contributed by atoms with Gasteiger partial charge in [0.1, 0.15) is 11.3 Å². The lowest BCUT2D eigenvalue weighted by molar-refractivity contribution is 0.00313.